The van der Waals surface area contributed by atoms with E-state index in [-0.39, 0.29) is 5.91 Å². The van der Waals surface area contributed by atoms with Gasteiger partial charge in [-0.1, -0.05) is 30.3 Å². The summed E-state index contributed by atoms with van der Waals surface area (Å²) in [6.45, 7) is 0. The fourth-order valence-corrected chi connectivity index (χ4v) is 2.22. The second kappa shape index (κ2) is 7.42. The van der Waals surface area contributed by atoms with Gasteiger partial charge in [0.25, 0.3) is 5.91 Å². The lowest BCUT2D eigenvalue weighted by molar-refractivity contribution is -0.126. The molecule has 4 N–H and O–H groups in total. The normalized spacial score (nSPS) is 11.6. The largest absolute Gasteiger partial charge is 0.494 e. The van der Waals surface area contributed by atoms with E-state index in [1.807, 2.05) is 30.3 Å². The van der Waals surface area contributed by atoms with E-state index in [4.69, 9.17) is 20.6 Å². The van der Waals surface area contributed by atoms with Gasteiger partial charge in [-0.25, -0.2) is 0 Å². The van der Waals surface area contributed by atoms with Crippen molar-refractivity contribution in [2.45, 2.75) is 6.10 Å². The molecule has 0 radical (unpaired) electrons. The molecule has 1 amide bonds. The lowest BCUT2D eigenvalue weighted by Crippen LogP contribution is -2.23. The molecule has 1 atom stereocenters. The van der Waals surface area contributed by atoms with Crippen LogP contribution < -0.4 is 15.8 Å². The molecular formula is C17H19N3O3. The number of nitrogens with two attached hydrogens (primary N) is 1. The Morgan fingerprint density at radius 3 is 2.52 bits per heavy atom. The fourth-order valence-electron chi connectivity index (χ4n) is 2.22. The van der Waals surface area contributed by atoms with Gasteiger partial charge < -0.3 is 25.9 Å². The zero-order chi connectivity index (χ0) is 16.8. The van der Waals surface area contributed by atoms with Crippen molar-refractivity contribution in [3.8, 4) is 5.75 Å². The Labute approximate surface area is 134 Å². The van der Waals surface area contributed by atoms with E-state index in [1.54, 1.807) is 12.1 Å². The molecule has 0 fully saturated rings. The summed E-state index contributed by atoms with van der Waals surface area (Å²) in [5.41, 5.74) is 7.89. The highest BCUT2D eigenvalue weighted by Gasteiger charge is 2.21. The number of methoxy groups -OCH3 is 2. The summed E-state index contributed by atoms with van der Waals surface area (Å²) in [6, 6.07) is 12.3. The van der Waals surface area contributed by atoms with Crippen LogP contribution in [-0.4, -0.2) is 26.3 Å². The second-order valence-electron chi connectivity index (χ2n) is 4.84. The number of hydrogen-bond donors (Lipinski definition) is 3. The number of carbonyl (C=O) groups excluding carboxylic acids is 1. The zero-order valence-corrected chi connectivity index (χ0v) is 13.0. The van der Waals surface area contributed by atoms with Crippen molar-refractivity contribution in [1.82, 2.24) is 0 Å². The van der Waals surface area contributed by atoms with E-state index >= 15 is 0 Å². The summed E-state index contributed by atoms with van der Waals surface area (Å²) in [5.74, 6) is 0.0852. The number of rotatable bonds is 6. The van der Waals surface area contributed by atoms with Gasteiger partial charge in [0.05, 0.1) is 12.8 Å². The summed E-state index contributed by atoms with van der Waals surface area (Å²) in [4.78, 5) is 12.5. The summed E-state index contributed by atoms with van der Waals surface area (Å²) in [6.07, 6.45) is 0.372. The second-order valence-corrected chi connectivity index (χ2v) is 4.84. The minimum absolute atomic E-state index is 0.335. The van der Waals surface area contributed by atoms with Gasteiger partial charge in [-0.05, 0) is 11.6 Å². The molecule has 0 aliphatic rings. The molecule has 0 heterocycles. The maximum Gasteiger partial charge on any atom is 0.258 e. The highest BCUT2D eigenvalue weighted by atomic mass is 16.5. The molecule has 2 aromatic rings. The summed E-state index contributed by atoms with van der Waals surface area (Å²) >= 11 is 0. The number of nitrogens with one attached hydrogen (secondary N) is 2. The van der Waals surface area contributed by atoms with Crippen LogP contribution in [0.25, 0.3) is 0 Å². The number of nitrogen functional groups attached to an aromatic ring is 1. The molecule has 0 saturated carbocycles. The van der Waals surface area contributed by atoms with Crippen molar-refractivity contribution in [3.63, 3.8) is 0 Å². The van der Waals surface area contributed by atoms with Crippen molar-refractivity contribution < 1.29 is 14.3 Å². The lowest BCUT2D eigenvalue weighted by Gasteiger charge is -2.18. The zero-order valence-electron chi connectivity index (χ0n) is 13.0. The smallest absolute Gasteiger partial charge is 0.258 e. The minimum Gasteiger partial charge on any atom is -0.494 e. The number of anilines is 2. The van der Waals surface area contributed by atoms with Gasteiger partial charge in [0.15, 0.2) is 6.10 Å². The van der Waals surface area contributed by atoms with Crippen LogP contribution in [0.3, 0.4) is 0 Å². The molecule has 1 unspecified atom stereocenters. The first kappa shape index (κ1) is 16.5. The van der Waals surface area contributed by atoms with Crippen LogP contribution in [0.4, 0.5) is 11.4 Å². The predicted octanol–water partition coefficient (Wildman–Crippen LogP) is 2.60. The Hall–Kier alpha value is -2.86. The van der Waals surface area contributed by atoms with E-state index in [2.05, 4.69) is 5.32 Å². The van der Waals surface area contributed by atoms with E-state index in [9.17, 15) is 4.79 Å². The van der Waals surface area contributed by atoms with E-state index in [0.717, 1.165) is 11.8 Å². The molecule has 0 aliphatic carbocycles. The van der Waals surface area contributed by atoms with Crippen molar-refractivity contribution in [2.75, 3.05) is 25.3 Å². The summed E-state index contributed by atoms with van der Waals surface area (Å²) in [5, 5.41) is 10.1. The van der Waals surface area contributed by atoms with Gasteiger partial charge in [0.1, 0.15) is 5.75 Å². The maximum atomic E-state index is 12.5. The number of carbonyl (C=O) groups is 1. The quantitative estimate of drug-likeness (QED) is 0.564. The van der Waals surface area contributed by atoms with Crippen molar-refractivity contribution in [1.29, 1.82) is 5.41 Å². The molecule has 6 heteroatoms. The summed E-state index contributed by atoms with van der Waals surface area (Å²) in [7, 11) is 2.96. The number of benzene rings is 2. The molecule has 0 spiro atoms. The third-order valence-corrected chi connectivity index (χ3v) is 3.39. The highest BCUT2D eigenvalue weighted by Crippen LogP contribution is 2.30. The van der Waals surface area contributed by atoms with Crippen LogP contribution in [0.5, 0.6) is 5.75 Å². The minimum atomic E-state index is -0.748. The molecule has 23 heavy (non-hydrogen) atoms. The first-order valence-corrected chi connectivity index (χ1v) is 6.97. The van der Waals surface area contributed by atoms with Crippen LogP contribution in [0.2, 0.25) is 0 Å². The lowest BCUT2D eigenvalue weighted by atomic mass is 10.1. The molecule has 0 aromatic heterocycles. The van der Waals surface area contributed by atoms with Crippen molar-refractivity contribution in [3.05, 3.63) is 53.6 Å². The van der Waals surface area contributed by atoms with Crippen LogP contribution in [0, 0.1) is 5.41 Å². The molecule has 2 rings (SSSR count). The average Bonchev–Trinajstić information content (AvgIpc) is 2.57. The fraction of sp³-hybridized carbons (Fsp3) is 0.176. The standard InChI is InChI=1S/C17H19N3O3/c1-22-15-9-13(19)12(10-18)8-14(15)20-17(21)16(23-2)11-6-4-3-5-7-11/h3-10,16,18H,19H2,1-2H3,(H,20,21). The van der Waals surface area contributed by atoms with Gasteiger partial charge in [-0.2, -0.15) is 0 Å². The average molecular weight is 313 g/mol. The topological polar surface area (TPSA) is 97.4 Å². The monoisotopic (exact) mass is 313 g/mol. The Balaban J connectivity index is 2.30. The van der Waals surface area contributed by atoms with Crippen LogP contribution >= 0.6 is 0 Å². The van der Waals surface area contributed by atoms with Crippen molar-refractivity contribution >= 4 is 23.5 Å². The van der Waals surface area contributed by atoms with Gasteiger partial charge in [0.2, 0.25) is 0 Å². The van der Waals surface area contributed by atoms with Crippen molar-refractivity contribution in [2.24, 2.45) is 0 Å². The number of ether oxygens (including phenoxy) is 2. The first-order chi connectivity index (χ1) is 11.1. The number of amides is 1. The van der Waals surface area contributed by atoms with E-state index < -0.39 is 6.10 Å². The van der Waals surface area contributed by atoms with Crippen LogP contribution in [-0.2, 0) is 9.53 Å². The Bertz CT molecular complexity index is 702. The van der Waals surface area contributed by atoms with Gasteiger partial charge in [-0.15, -0.1) is 0 Å². The molecule has 2 aromatic carbocycles. The molecule has 0 bridgehead atoms. The Kier molecular flexibility index (Phi) is 5.32. The summed E-state index contributed by atoms with van der Waals surface area (Å²) < 4.78 is 10.5. The SMILES string of the molecule is COc1cc(N)c(C=N)cc1NC(=O)C(OC)c1ccccc1. The third kappa shape index (κ3) is 3.67. The molecule has 0 saturated heterocycles. The Morgan fingerprint density at radius 2 is 1.96 bits per heavy atom. The van der Waals surface area contributed by atoms with Crippen LogP contribution in [0.1, 0.15) is 17.2 Å². The molecular weight excluding hydrogens is 294 g/mol. The van der Waals surface area contributed by atoms with E-state index in [1.165, 1.54) is 14.2 Å². The van der Waals surface area contributed by atoms with Crippen LogP contribution in [0.15, 0.2) is 42.5 Å². The van der Waals surface area contributed by atoms with Gasteiger partial charge in [0, 0.05) is 30.6 Å². The molecule has 120 valence electrons. The highest BCUT2D eigenvalue weighted by molar-refractivity contribution is 5.98. The van der Waals surface area contributed by atoms with Gasteiger partial charge in [-0.3, -0.25) is 4.79 Å². The van der Waals surface area contributed by atoms with Gasteiger partial charge >= 0.3 is 0 Å². The first-order valence-electron chi connectivity index (χ1n) is 6.97. The molecule has 6 nitrogen and oxygen atoms in total. The Morgan fingerprint density at radius 1 is 1.26 bits per heavy atom. The molecule has 0 aliphatic heterocycles. The predicted molar refractivity (Wildman–Crippen MR) is 90.1 cm³/mol. The maximum absolute atomic E-state index is 12.5. The third-order valence-electron chi connectivity index (χ3n) is 3.39. The van der Waals surface area contributed by atoms with E-state index in [0.29, 0.717) is 22.7 Å². The number of hydrogen-bond acceptors (Lipinski definition) is 5.